The summed E-state index contributed by atoms with van der Waals surface area (Å²) >= 11 is 0. The Balaban J connectivity index is 2.69. The summed E-state index contributed by atoms with van der Waals surface area (Å²) < 4.78 is 15.9. The van der Waals surface area contributed by atoms with Gasteiger partial charge >= 0.3 is 0 Å². The van der Waals surface area contributed by atoms with Crippen molar-refractivity contribution >= 4 is 5.78 Å². The summed E-state index contributed by atoms with van der Waals surface area (Å²) in [4.78, 5) is 11.6. The van der Waals surface area contributed by atoms with Gasteiger partial charge in [-0.1, -0.05) is 6.92 Å². The second-order valence-electron chi connectivity index (χ2n) is 3.59. The van der Waals surface area contributed by atoms with E-state index in [-0.39, 0.29) is 12.6 Å². The number of methoxy groups -OCH3 is 1. The average molecular weight is 222 g/mol. The molecule has 0 unspecified atom stereocenters. The number of fused-ring (bicyclic) bond motifs is 1. The third kappa shape index (κ3) is 1.50. The van der Waals surface area contributed by atoms with Crippen LogP contribution >= 0.6 is 0 Å². The SMILES string of the molecule is CCc1cc2c(c(OC)c1C(C)=O)OCO2. The predicted octanol–water partition coefficient (Wildman–Crippen LogP) is 2.19. The molecule has 0 saturated heterocycles. The number of Topliss-reactive ketones (excluding diaryl/α,β-unsaturated/α-hetero) is 1. The van der Waals surface area contributed by atoms with Gasteiger partial charge in [-0.2, -0.15) is 0 Å². The van der Waals surface area contributed by atoms with Gasteiger partial charge in [-0.05, 0) is 25.0 Å². The first-order valence-electron chi connectivity index (χ1n) is 5.19. The van der Waals surface area contributed by atoms with Crippen LogP contribution in [0.2, 0.25) is 0 Å². The third-order valence-corrected chi connectivity index (χ3v) is 2.64. The minimum atomic E-state index is -0.0213. The van der Waals surface area contributed by atoms with E-state index in [1.165, 1.54) is 14.0 Å². The molecule has 0 spiro atoms. The molecule has 0 N–H and O–H groups in total. The van der Waals surface area contributed by atoms with Gasteiger partial charge in [-0.25, -0.2) is 0 Å². The lowest BCUT2D eigenvalue weighted by Gasteiger charge is -2.12. The van der Waals surface area contributed by atoms with Crippen LogP contribution in [0.15, 0.2) is 6.07 Å². The molecule has 16 heavy (non-hydrogen) atoms. The van der Waals surface area contributed by atoms with Gasteiger partial charge in [0.15, 0.2) is 17.3 Å². The fraction of sp³-hybridized carbons (Fsp3) is 0.417. The zero-order chi connectivity index (χ0) is 11.7. The summed E-state index contributed by atoms with van der Waals surface area (Å²) in [6, 6.07) is 1.85. The molecule has 0 saturated carbocycles. The van der Waals surface area contributed by atoms with Crippen molar-refractivity contribution in [3.8, 4) is 17.2 Å². The molecule has 1 heterocycles. The summed E-state index contributed by atoms with van der Waals surface area (Å²) in [5, 5.41) is 0. The van der Waals surface area contributed by atoms with E-state index in [0.29, 0.717) is 22.8 Å². The van der Waals surface area contributed by atoms with Crippen molar-refractivity contribution in [2.24, 2.45) is 0 Å². The minimum Gasteiger partial charge on any atom is -0.492 e. The van der Waals surface area contributed by atoms with Gasteiger partial charge in [0.2, 0.25) is 12.5 Å². The second-order valence-corrected chi connectivity index (χ2v) is 3.59. The fourth-order valence-electron chi connectivity index (χ4n) is 1.92. The Kier molecular flexibility index (Phi) is 2.73. The van der Waals surface area contributed by atoms with Crippen molar-refractivity contribution < 1.29 is 19.0 Å². The Bertz CT molecular complexity index is 437. The van der Waals surface area contributed by atoms with Crippen LogP contribution in [0.3, 0.4) is 0 Å². The number of hydrogen-bond donors (Lipinski definition) is 0. The summed E-state index contributed by atoms with van der Waals surface area (Å²) in [6.07, 6.45) is 0.752. The Morgan fingerprint density at radius 2 is 2.25 bits per heavy atom. The van der Waals surface area contributed by atoms with E-state index >= 15 is 0 Å². The summed E-state index contributed by atoms with van der Waals surface area (Å²) in [7, 11) is 1.53. The Morgan fingerprint density at radius 3 is 2.81 bits per heavy atom. The molecular weight excluding hydrogens is 208 g/mol. The van der Waals surface area contributed by atoms with Crippen LogP contribution in [0.4, 0.5) is 0 Å². The van der Waals surface area contributed by atoms with Crippen molar-refractivity contribution in [1.29, 1.82) is 0 Å². The maximum absolute atomic E-state index is 11.6. The molecule has 4 heteroatoms. The number of ether oxygens (including phenoxy) is 3. The molecule has 0 radical (unpaired) electrons. The van der Waals surface area contributed by atoms with Crippen molar-refractivity contribution in [3.05, 3.63) is 17.2 Å². The monoisotopic (exact) mass is 222 g/mol. The molecule has 0 amide bonds. The zero-order valence-electron chi connectivity index (χ0n) is 9.62. The number of carbonyl (C=O) groups excluding carboxylic acids is 1. The molecule has 1 aliphatic heterocycles. The van der Waals surface area contributed by atoms with Crippen molar-refractivity contribution in [2.45, 2.75) is 20.3 Å². The van der Waals surface area contributed by atoms with Crippen LogP contribution in [0, 0.1) is 0 Å². The van der Waals surface area contributed by atoms with Crippen LogP contribution in [-0.4, -0.2) is 19.7 Å². The van der Waals surface area contributed by atoms with E-state index in [2.05, 4.69) is 0 Å². The highest BCUT2D eigenvalue weighted by Crippen LogP contribution is 2.45. The van der Waals surface area contributed by atoms with Crippen molar-refractivity contribution in [1.82, 2.24) is 0 Å². The largest absolute Gasteiger partial charge is 0.492 e. The first-order chi connectivity index (χ1) is 7.69. The molecule has 0 bridgehead atoms. The predicted molar refractivity (Wildman–Crippen MR) is 58.5 cm³/mol. The lowest BCUT2D eigenvalue weighted by atomic mass is 10.00. The van der Waals surface area contributed by atoms with E-state index in [4.69, 9.17) is 14.2 Å². The van der Waals surface area contributed by atoms with Crippen LogP contribution in [0.1, 0.15) is 29.8 Å². The number of aryl methyl sites for hydroxylation is 1. The fourth-order valence-corrected chi connectivity index (χ4v) is 1.92. The second kappa shape index (κ2) is 4.04. The minimum absolute atomic E-state index is 0.0213. The van der Waals surface area contributed by atoms with E-state index in [9.17, 15) is 4.79 Å². The van der Waals surface area contributed by atoms with Crippen LogP contribution < -0.4 is 14.2 Å². The average Bonchev–Trinajstić information content (AvgIpc) is 2.73. The highest BCUT2D eigenvalue weighted by Gasteiger charge is 2.26. The van der Waals surface area contributed by atoms with E-state index in [1.807, 2.05) is 13.0 Å². The molecular formula is C12H14O4. The molecule has 0 fully saturated rings. The number of rotatable bonds is 3. The van der Waals surface area contributed by atoms with Gasteiger partial charge < -0.3 is 14.2 Å². The zero-order valence-corrected chi connectivity index (χ0v) is 9.62. The first kappa shape index (κ1) is 10.8. The highest BCUT2D eigenvalue weighted by atomic mass is 16.7. The van der Waals surface area contributed by atoms with Gasteiger partial charge in [0, 0.05) is 0 Å². The third-order valence-electron chi connectivity index (χ3n) is 2.64. The maximum Gasteiger partial charge on any atom is 0.231 e. The van der Waals surface area contributed by atoms with Crippen molar-refractivity contribution in [3.63, 3.8) is 0 Å². The molecule has 4 nitrogen and oxygen atoms in total. The lowest BCUT2D eigenvalue weighted by molar-refractivity contribution is 0.101. The molecule has 0 atom stereocenters. The first-order valence-corrected chi connectivity index (χ1v) is 5.19. The summed E-state index contributed by atoms with van der Waals surface area (Å²) in [5.41, 5.74) is 1.52. The molecule has 1 aromatic carbocycles. The van der Waals surface area contributed by atoms with Crippen LogP contribution in [0.5, 0.6) is 17.2 Å². The van der Waals surface area contributed by atoms with E-state index in [0.717, 1.165) is 12.0 Å². The van der Waals surface area contributed by atoms with Gasteiger partial charge in [0.05, 0.1) is 12.7 Å². The Morgan fingerprint density at radius 1 is 1.50 bits per heavy atom. The van der Waals surface area contributed by atoms with Crippen LogP contribution in [0.25, 0.3) is 0 Å². The summed E-state index contributed by atoms with van der Waals surface area (Å²) in [5.74, 6) is 1.65. The molecule has 2 rings (SSSR count). The van der Waals surface area contributed by atoms with E-state index < -0.39 is 0 Å². The topological polar surface area (TPSA) is 44.8 Å². The molecule has 1 aromatic rings. The molecule has 0 aliphatic carbocycles. The molecule has 86 valence electrons. The quantitative estimate of drug-likeness (QED) is 0.735. The number of hydrogen-bond acceptors (Lipinski definition) is 4. The van der Waals surface area contributed by atoms with Gasteiger partial charge in [-0.3, -0.25) is 4.79 Å². The van der Waals surface area contributed by atoms with Crippen molar-refractivity contribution in [2.75, 3.05) is 13.9 Å². The Hall–Kier alpha value is -1.71. The smallest absolute Gasteiger partial charge is 0.231 e. The number of benzene rings is 1. The standard InChI is InChI=1S/C12H14O4/c1-4-8-5-9-11(16-6-15-9)12(14-3)10(8)7(2)13/h5H,4,6H2,1-3H3. The van der Waals surface area contributed by atoms with Gasteiger partial charge in [0.1, 0.15) is 0 Å². The number of carbonyl (C=O) groups is 1. The van der Waals surface area contributed by atoms with E-state index in [1.54, 1.807) is 0 Å². The van der Waals surface area contributed by atoms with Crippen LogP contribution in [-0.2, 0) is 6.42 Å². The Labute approximate surface area is 94.1 Å². The lowest BCUT2D eigenvalue weighted by Crippen LogP contribution is -2.03. The summed E-state index contributed by atoms with van der Waals surface area (Å²) in [6.45, 7) is 3.69. The number of ketones is 1. The highest BCUT2D eigenvalue weighted by molar-refractivity contribution is 6.00. The molecule has 1 aliphatic rings. The molecule has 0 aromatic heterocycles. The maximum atomic E-state index is 11.6. The van der Waals surface area contributed by atoms with Gasteiger partial charge in [0.25, 0.3) is 0 Å². The normalized spacial score (nSPS) is 12.7. The van der Waals surface area contributed by atoms with Gasteiger partial charge in [-0.15, -0.1) is 0 Å².